The summed E-state index contributed by atoms with van der Waals surface area (Å²) in [6, 6.07) is 54.1. The van der Waals surface area contributed by atoms with E-state index in [4.69, 9.17) is 0 Å². The lowest BCUT2D eigenvalue weighted by Gasteiger charge is -2.26. The van der Waals surface area contributed by atoms with E-state index in [1.807, 2.05) is 0 Å². The maximum Gasteiger partial charge on any atom is 0.0541 e. The molecule has 0 unspecified atom stereocenters. The largest absolute Gasteiger partial charge is 0.311 e. The van der Waals surface area contributed by atoms with Crippen LogP contribution >= 0.6 is 0 Å². The molecule has 0 aliphatic heterocycles. The van der Waals surface area contributed by atoms with E-state index in [1.54, 1.807) is 0 Å². The number of anilines is 3. The predicted octanol–water partition coefficient (Wildman–Crippen LogP) is 10.7. The van der Waals surface area contributed by atoms with Gasteiger partial charge in [-0.15, -0.1) is 0 Å². The third-order valence-corrected chi connectivity index (χ3v) is 7.66. The lowest BCUT2D eigenvalue weighted by molar-refractivity contribution is 1.17. The number of aromatic nitrogens is 1. The van der Waals surface area contributed by atoms with Crippen molar-refractivity contribution >= 4 is 51.0 Å². The summed E-state index contributed by atoms with van der Waals surface area (Å²) < 4.78 is 2.36. The van der Waals surface area contributed by atoms with Crippen molar-refractivity contribution in [3.8, 4) is 5.69 Å². The minimum absolute atomic E-state index is 1.11. The van der Waals surface area contributed by atoms with E-state index >= 15 is 0 Å². The Morgan fingerprint density at radius 3 is 1.44 bits per heavy atom. The molecule has 41 heavy (non-hydrogen) atoms. The van der Waals surface area contributed by atoms with Gasteiger partial charge in [-0.2, -0.15) is 0 Å². The Labute approximate surface area is 241 Å². The van der Waals surface area contributed by atoms with E-state index in [2.05, 4.69) is 180 Å². The summed E-state index contributed by atoms with van der Waals surface area (Å²) in [5.74, 6) is 0. The number of hydrogen-bond acceptors (Lipinski definition) is 1. The van der Waals surface area contributed by atoms with Crippen molar-refractivity contribution in [2.24, 2.45) is 0 Å². The van der Waals surface area contributed by atoms with Gasteiger partial charge in [-0.05, 0) is 78.7 Å². The molecule has 0 spiro atoms. The second kappa shape index (κ2) is 10.7. The standard InChI is InChI=1S/C39H30N2/c1-29-15-17-30(18-16-29)19-20-31-21-23-33(24-22-31)40(32-9-3-2-4-10-32)34-25-27-35(28-26-34)41-38-13-7-5-11-36(38)37-12-6-8-14-39(37)41/h2-28H,1H3. The van der Waals surface area contributed by atoms with Crippen LogP contribution in [0, 0.1) is 6.92 Å². The monoisotopic (exact) mass is 526 g/mol. The quantitative estimate of drug-likeness (QED) is 0.196. The molecule has 7 aromatic rings. The van der Waals surface area contributed by atoms with Crippen molar-refractivity contribution in [3.63, 3.8) is 0 Å². The summed E-state index contributed by atoms with van der Waals surface area (Å²) in [5.41, 5.74) is 10.6. The third-order valence-electron chi connectivity index (χ3n) is 7.66. The molecule has 0 fully saturated rings. The van der Waals surface area contributed by atoms with Crippen molar-refractivity contribution in [2.75, 3.05) is 4.90 Å². The molecule has 2 nitrogen and oxygen atoms in total. The van der Waals surface area contributed by atoms with E-state index in [0.29, 0.717) is 0 Å². The molecule has 0 bridgehead atoms. The summed E-state index contributed by atoms with van der Waals surface area (Å²) in [6.45, 7) is 2.11. The van der Waals surface area contributed by atoms with Gasteiger partial charge in [-0.3, -0.25) is 0 Å². The Morgan fingerprint density at radius 1 is 0.439 bits per heavy atom. The highest BCUT2D eigenvalue weighted by Gasteiger charge is 2.14. The molecule has 0 aliphatic rings. The first-order valence-electron chi connectivity index (χ1n) is 14.0. The van der Waals surface area contributed by atoms with Crippen molar-refractivity contribution in [1.29, 1.82) is 0 Å². The number of benzene rings is 6. The second-order valence-corrected chi connectivity index (χ2v) is 10.4. The van der Waals surface area contributed by atoms with Gasteiger partial charge >= 0.3 is 0 Å². The summed E-state index contributed by atoms with van der Waals surface area (Å²) in [7, 11) is 0. The van der Waals surface area contributed by atoms with Gasteiger partial charge in [0.2, 0.25) is 0 Å². The fraction of sp³-hybridized carbons (Fsp3) is 0.0256. The molecule has 0 saturated carbocycles. The number of nitrogens with zero attached hydrogens (tertiary/aromatic N) is 2. The van der Waals surface area contributed by atoms with E-state index < -0.39 is 0 Å². The van der Waals surface area contributed by atoms with Gasteiger partial charge in [-0.1, -0.05) is 109 Å². The normalized spacial score (nSPS) is 11.4. The fourth-order valence-corrected chi connectivity index (χ4v) is 5.58. The zero-order valence-electron chi connectivity index (χ0n) is 23.0. The average molecular weight is 527 g/mol. The molecule has 0 amide bonds. The fourth-order valence-electron chi connectivity index (χ4n) is 5.58. The lowest BCUT2D eigenvalue weighted by atomic mass is 10.1. The molecule has 6 aromatic carbocycles. The highest BCUT2D eigenvalue weighted by atomic mass is 15.1. The van der Waals surface area contributed by atoms with Crippen molar-refractivity contribution < 1.29 is 0 Å². The molecule has 0 aliphatic carbocycles. The molecule has 1 aromatic heterocycles. The van der Waals surface area contributed by atoms with Gasteiger partial charge in [0.1, 0.15) is 0 Å². The molecule has 0 N–H and O–H groups in total. The van der Waals surface area contributed by atoms with Crippen molar-refractivity contribution in [1.82, 2.24) is 4.57 Å². The van der Waals surface area contributed by atoms with Crippen LogP contribution in [0.15, 0.2) is 152 Å². The zero-order valence-corrected chi connectivity index (χ0v) is 23.0. The van der Waals surface area contributed by atoms with Gasteiger partial charge in [0.05, 0.1) is 11.0 Å². The first-order valence-corrected chi connectivity index (χ1v) is 14.0. The molecule has 0 saturated heterocycles. The third kappa shape index (κ3) is 4.81. The highest BCUT2D eigenvalue weighted by Crippen LogP contribution is 2.36. The Morgan fingerprint density at radius 2 is 0.878 bits per heavy atom. The summed E-state index contributed by atoms with van der Waals surface area (Å²) in [5, 5.41) is 2.55. The Bertz CT molecular complexity index is 1910. The molecule has 1 heterocycles. The van der Waals surface area contributed by atoms with Gasteiger partial charge in [0, 0.05) is 33.5 Å². The number of rotatable bonds is 6. The van der Waals surface area contributed by atoms with Crippen LogP contribution in [0.1, 0.15) is 16.7 Å². The number of para-hydroxylation sites is 3. The Hall–Kier alpha value is -5.34. The smallest absolute Gasteiger partial charge is 0.0541 e. The molecule has 2 heteroatoms. The number of hydrogen-bond donors (Lipinski definition) is 0. The molecule has 0 radical (unpaired) electrons. The second-order valence-electron chi connectivity index (χ2n) is 10.4. The van der Waals surface area contributed by atoms with Crippen LogP contribution < -0.4 is 4.90 Å². The summed E-state index contributed by atoms with van der Waals surface area (Å²) in [4.78, 5) is 2.31. The first-order chi connectivity index (χ1) is 20.2. The SMILES string of the molecule is Cc1ccc(C=Cc2ccc(N(c3ccccc3)c3ccc(-n4c5ccccc5c5ccccc54)cc3)cc2)cc1. The van der Waals surface area contributed by atoms with E-state index in [1.165, 1.54) is 38.5 Å². The number of aryl methyl sites for hydroxylation is 1. The maximum absolute atomic E-state index is 2.36. The molecular weight excluding hydrogens is 496 g/mol. The Balaban J connectivity index is 1.25. The van der Waals surface area contributed by atoms with Crippen LogP contribution in [0.3, 0.4) is 0 Å². The van der Waals surface area contributed by atoms with Crippen LogP contribution in [0.4, 0.5) is 17.1 Å². The zero-order chi connectivity index (χ0) is 27.6. The number of fused-ring (bicyclic) bond motifs is 3. The van der Waals surface area contributed by atoms with Crippen molar-refractivity contribution in [3.05, 3.63) is 168 Å². The van der Waals surface area contributed by atoms with Crippen LogP contribution in [0.5, 0.6) is 0 Å². The van der Waals surface area contributed by atoms with Crippen molar-refractivity contribution in [2.45, 2.75) is 6.92 Å². The highest BCUT2D eigenvalue weighted by molar-refractivity contribution is 6.09. The summed E-state index contributed by atoms with van der Waals surface area (Å²) in [6.07, 6.45) is 4.33. The van der Waals surface area contributed by atoms with E-state index in [9.17, 15) is 0 Å². The molecule has 7 rings (SSSR count). The predicted molar refractivity (Wildman–Crippen MR) is 176 cm³/mol. The topological polar surface area (TPSA) is 8.17 Å². The summed E-state index contributed by atoms with van der Waals surface area (Å²) >= 11 is 0. The van der Waals surface area contributed by atoms with Gasteiger partial charge in [0.25, 0.3) is 0 Å². The van der Waals surface area contributed by atoms with Gasteiger partial charge in [0.15, 0.2) is 0 Å². The van der Waals surface area contributed by atoms with Gasteiger partial charge in [-0.25, -0.2) is 0 Å². The van der Waals surface area contributed by atoms with Crippen LogP contribution in [0.25, 0.3) is 39.6 Å². The minimum Gasteiger partial charge on any atom is -0.311 e. The first kappa shape index (κ1) is 24.7. The lowest BCUT2D eigenvalue weighted by Crippen LogP contribution is -2.10. The molecular formula is C39H30N2. The van der Waals surface area contributed by atoms with E-state index in [0.717, 1.165) is 22.7 Å². The molecule has 0 atom stereocenters. The maximum atomic E-state index is 2.36. The van der Waals surface area contributed by atoms with E-state index in [-0.39, 0.29) is 0 Å². The minimum atomic E-state index is 1.11. The van der Waals surface area contributed by atoms with Crippen LogP contribution in [-0.4, -0.2) is 4.57 Å². The van der Waals surface area contributed by atoms with Crippen LogP contribution in [0.2, 0.25) is 0 Å². The molecule has 196 valence electrons. The Kier molecular flexibility index (Phi) is 6.42. The average Bonchev–Trinajstić information content (AvgIpc) is 3.37. The van der Waals surface area contributed by atoms with Gasteiger partial charge < -0.3 is 9.47 Å². The van der Waals surface area contributed by atoms with Crippen LogP contribution in [-0.2, 0) is 0 Å².